The van der Waals surface area contributed by atoms with E-state index in [0.717, 1.165) is 30.4 Å². The smallest absolute Gasteiger partial charge is 0.191 e. The summed E-state index contributed by atoms with van der Waals surface area (Å²) in [6, 6.07) is 16.6. The van der Waals surface area contributed by atoms with Gasteiger partial charge in [0, 0.05) is 25.2 Å². The molecule has 2 aromatic rings. The third-order valence-corrected chi connectivity index (χ3v) is 3.92. The summed E-state index contributed by atoms with van der Waals surface area (Å²) < 4.78 is 5.40. The number of para-hydroxylation sites is 1. The van der Waals surface area contributed by atoms with Crippen molar-refractivity contribution in [1.82, 2.24) is 15.5 Å². The lowest BCUT2D eigenvalue weighted by molar-refractivity contribution is 0.402. The molecule has 0 saturated carbocycles. The fourth-order valence-corrected chi connectivity index (χ4v) is 2.66. The number of guanidine groups is 1. The summed E-state index contributed by atoms with van der Waals surface area (Å²) in [7, 11) is 5.85. The van der Waals surface area contributed by atoms with E-state index in [-0.39, 0.29) is 24.0 Å². The van der Waals surface area contributed by atoms with Crippen molar-refractivity contribution in [3.05, 3.63) is 65.2 Å². The van der Waals surface area contributed by atoms with Crippen LogP contribution in [-0.4, -0.2) is 38.6 Å². The van der Waals surface area contributed by atoms with Crippen LogP contribution in [0.15, 0.2) is 53.5 Å². The number of nitrogens with one attached hydrogen (secondary N) is 2. The van der Waals surface area contributed by atoms with E-state index in [0.29, 0.717) is 13.1 Å². The van der Waals surface area contributed by atoms with Gasteiger partial charge in [0.05, 0.1) is 13.7 Å². The van der Waals surface area contributed by atoms with Gasteiger partial charge in [0.25, 0.3) is 0 Å². The summed E-state index contributed by atoms with van der Waals surface area (Å²) >= 11 is 0. The Kier molecular flexibility index (Phi) is 10.8. The molecule has 2 aromatic carbocycles. The van der Waals surface area contributed by atoms with Crippen LogP contribution in [0.4, 0.5) is 0 Å². The first-order chi connectivity index (χ1) is 12.6. The SMILES string of the molecule is CCNC(=NCc1ccc(CN(C)C)cc1)NCc1ccccc1OC.I. The molecule has 0 bridgehead atoms. The quantitative estimate of drug-likeness (QED) is 0.343. The standard InChI is InChI=1S/C21H30N4O.HI/c1-5-22-21(24-15-19-8-6-7-9-20(19)26-4)23-14-17-10-12-18(13-11-17)16-25(2)3;/h6-13H,5,14-16H2,1-4H3,(H2,22,23,24);1H. The van der Waals surface area contributed by atoms with E-state index in [1.807, 2.05) is 18.2 Å². The van der Waals surface area contributed by atoms with Crippen molar-refractivity contribution < 1.29 is 4.74 Å². The number of hydrogen-bond acceptors (Lipinski definition) is 3. The molecule has 0 saturated heterocycles. The topological polar surface area (TPSA) is 48.9 Å². The van der Waals surface area contributed by atoms with E-state index < -0.39 is 0 Å². The molecular weight excluding hydrogens is 451 g/mol. The van der Waals surface area contributed by atoms with Gasteiger partial charge in [-0.25, -0.2) is 4.99 Å². The number of halogens is 1. The molecule has 0 fully saturated rings. The Morgan fingerprint density at radius 1 is 1.00 bits per heavy atom. The monoisotopic (exact) mass is 482 g/mol. The van der Waals surface area contributed by atoms with Crippen molar-refractivity contribution in [2.24, 2.45) is 4.99 Å². The van der Waals surface area contributed by atoms with Crippen LogP contribution in [0.5, 0.6) is 5.75 Å². The van der Waals surface area contributed by atoms with E-state index >= 15 is 0 Å². The summed E-state index contributed by atoms with van der Waals surface area (Å²) in [5, 5.41) is 6.66. The number of rotatable bonds is 8. The van der Waals surface area contributed by atoms with E-state index in [2.05, 4.69) is 71.9 Å². The van der Waals surface area contributed by atoms with Crippen molar-refractivity contribution >= 4 is 29.9 Å². The van der Waals surface area contributed by atoms with Gasteiger partial charge in [-0.05, 0) is 38.2 Å². The van der Waals surface area contributed by atoms with Gasteiger partial charge in [-0.2, -0.15) is 0 Å². The van der Waals surface area contributed by atoms with Crippen molar-refractivity contribution in [3.8, 4) is 5.75 Å². The highest BCUT2D eigenvalue weighted by atomic mass is 127. The van der Waals surface area contributed by atoms with Gasteiger partial charge >= 0.3 is 0 Å². The normalized spacial score (nSPS) is 11.1. The highest BCUT2D eigenvalue weighted by Gasteiger charge is 2.03. The molecule has 27 heavy (non-hydrogen) atoms. The molecule has 0 unspecified atom stereocenters. The molecule has 0 atom stereocenters. The predicted octanol–water partition coefficient (Wildman–Crippen LogP) is 3.63. The van der Waals surface area contributed by atoms with E-state index in [9.17, 15) is 0 Å². The molecule has 0 aromatic heterocycles. The lowest BCUT2D eigenvalue weighted by Crippen LogP contribution is -2.36. The van der Waals surface area contributed by atoms with Crippen LogP contribution >= 0.6 is 24.0 Å². The fourth-order valence-electron chi connectivity index (χ4n) is 2.66. The highest BCUT2D eigenvalue weighted by Crippen LogP contribution is 2.16. The highest BCUT2D eigenvalue weighted by molar-refractivity contribution is 14.0. The van der Waals surface area contributed by atoms with Gasteiger partial charge in [-0.3, -0.25) is 0 Å². The zero-order valence-corrected chi connectivity index (χ0v) is 19.0. The largest absolute Gasteiger partial charge is 0.496 e. The summed E-state index contributed by atoms with van der Waals surface area (Å²) in [5.41, 5.74) is 3.61. The van der Waals surface area contributed by atoms with Crippen LogP contribution < -0.4 is 15.4 Å². The summed E-state index contributed by atoms with van der Waals surface area (Å²) in [5.74, 6) is 1.68. The molecule has 0 aliphatic heterocycles. The van der Waals surface area contributed by atoms with Crippen molar-refractivity contribution in [1.29, 1.82) is 0 Å². The molecular formula is C21H31IN4O. The zero-order chi connectivity index (χ0) is 18.8. The fraction of sp³-hybridized carbons (Fsp3) is 0.381. The van der Waals surface area contributed by atoms with Crippen LogP contribution in [0.1, 0.15) is 23.6 Å². The molecule has 0 amide bonds. The molecule has 148 valence electrons. The maximum atomic E-state index is 5.40. The van der Waals surface area contributed by atoms with E-state index in [4.69, 9.17) is 4.74 Å². The molecule has 0 heterocycles. The first kappa shape index (κ1) is 23.2. The van der Waals surface area contributed by atoms with Crippen LogP contribution in [0, 0.1) is 0 Å². The third-order valence-electron chi connectivity index (χ3n) is 3.92. The van der Waals surface area contributed by atoms with Gasteiger partial charge in [-0.15, -0.1) is 24.0 Å². The molecule has 2 rings (SSSR count). The van der Waals surface area contributed by atoms with Crippen molar-refractivity contribution in [3.63, 3.8) is 0 Å². The van der Waals surface area contributed by atoms with Crippen molar-refractivity contribution in [2.75, 3.05) is 27.7 Å². The molecule has 6 heteroatoms. The first-order valence-electron chi connectivity index (χ1n) is 8.99. The van der Waals surface area contributed by atoms with Crippen LogP contribution in [0.3, 0.4) is 0 Å². The first-order valence-corrected chi connectivity index (χ1v) is 8.99. The van der Waals surface area contributed by atoms with Crippen LogP contribution in [0.2, 0.25) is 0 Å². The minimum Gasteiger partial charge on any atom is -0.496 e. The number of benzene rings is 2. The Labute approximate surface area is 180 Å². The Balaban J connectivity index is 0.00000364. The average molecular weight is 482 g/mol. The number of hydrogen-bond donors (Lipinski definition) is 2. The summed E-state index contributed by atoms with van der Waals surface area (Å²) in [4.78, 5) is 6.85. The Bertz CT molecular complexity index is 702. The lowest BCUT2D eigenvalue weighted by atomic mass is 10.1. The van der Waals surface area contributed by atoms with Crippen LogP contribution in [0.25, 0.3) is 0 Å². The summed E-state index contributed by atoms with van der Waals surface area (Å²) in [6.45, 7) is 5.14. The van der Waals surface area contributed by atoms with Crippen LogP contribution in [-0.2, 0) is 19.6 Å². The van der Waals surface area contributed by atoms with E-state index in [1.165, 1.54) is 11.1 Å². The minimum atomic E-state index is 0. The second kappa shape index (κ2) is 12.6. The van der Waals surface area contributed by atoms with Crippen molar-refractivity contribution in [2.45, 2.75) is 26.6 Å². The lowest BCUT2D eigenvalue weighted by Gasteiger charge is -2.13. The molecule has 2 N–H and O–H groups in total. The van der Waals surface area contributed by atoms with E-state index in [1.54, 1.807) is 7.11 Å². The Morgan fingerprint density at radius 2 is 1.67 bits per heavy atom. The Hall–Kier alpha value is -1.80. The second-order valence-corrected chi connectivity index (χ2v) is 6.41. The molecule has 0 radical (unpaired) electrons. The second-order valence-electron chi connectivity index (χ2n) is 6.41. The number of ether oxygens (including phenoxy) is 1. The Morgan fingerprint density at radius 3 is 2.30 bits per heavy atom. The summed E-state index contributed by atoms with van der Waals surface area (Å²) in [6.07, 6.45) is 0. The van der Waals surface area contributed by atoms with Gasteiger partial charge in [0.2, 0.25) is 0 Å². The molecule has 0 spiro atoms. The van der Waals surface area contributed by atoms with Gasteiger partial charge in [0.1, 0.15) is 5.75 Å². The molecule has 0 aliphatic carbocycles. The maximum absolute atomic E-state index is 5.40. The minimum absolute atomic E-state index is 0. The van der Waals surface area contributed by atoms with Gasteiger partial charge < -0.3 is 20.3 Å². The van der Waals surface area contributed by atoms with Gasteiger partial charge in [-0.1, -0.05) is 42.5 Å². The number of methoxy groups -OCH3 is 1. The number of aliphatic imine (C=N–C) groups is 1. The average Bonchev–Trinajstić information content (AvgIpc) is 2.65. The molecule has 0 aliphatic rings. The maximum Gasteiger partial charge on any atom is 0.191 e. The molecule has 5 nitrogen and oxygen atoms in total. The van der Waals surface area contributed by atoms with Gasteiger partial charge in [0.15, 0.2) is 5.96 Å². The number of nitrogens with zero attached hydrogens (tertiary/aromatic N) is 2. The predicted molar refractivity (Wildman–Crippen MR) is 124 cm³/mol. The zero-order valence-electron chi connectivity index (χ0n) is 16.7. The third kappa shape index (κ3) is 8.17.